The summed E-state index contributed by atoms with van der Waals surface area (Å²) in [6.45, 7) is 1.71. The summed E-state index contributed by atoms with van der Waals surface area (Å²) in [5, 5.41) is 0. The summed E-state index contributed by atoms with van der Waals surface area (Å²) in [5.74, 6) is 2.05. The first-order chi connectivity index (χ1) is 12.2. The van der Waals surface area contributed by atoms with E-state index in [1.165, 1.54) is 16.9 Å². The number of aromatic nitrogens is 1. The fourth-order valence-corrected chi connectivity index (χ4v) is 6.84. The summed E-state index contributed by atoms with van der Waals surface area (Å²) >= 11 is 3.67. The smallest absolute Gasteiger partial charge is 0.264 e. The lowest BCUT2D eigenvalue weighted by Crippen LogP contribution is -2.60. The number of aryl methyl sites for hydroxylation is 2. The molecule has 130 valence electrons. The lowest BCUT2D eigenvalue weighted by Gasteiger charge is -2.47. The van der Waals surface area contributed by atoms with Crippen molar-refractivity contribution < 1.29 is 9.53 Å². The van der Waals surface area contributed by atoms with Gasteiger partial charge in [0, 0.05) is 36.3 Å². The van der Waals surface area contributed by atoms with Crippen molar-refractivity contribution in [2.75, 3.05) is 18.8 Å². The minimum atomic E-state index is 0.197. The van der Waals surface area contributed by atoms with Gasteiger partial charge in [0.2, 0.25) is 0 Å². The van der Waals surface area contributed by atoms with Gasteiger partial charge < -0.3 is 9.64 Å². The van der Waals surface area contributed by atoms with Gasteiger partial charge in [-0.05, 0) is 43.0 Å². The van der Waals surface area contributed by atoms with Gasteiger partial charge in [0.1, 0.15) is 11.9 Å². The minimum Gasteiger partial charge on any atom is -0.488 e. The molecule has 4 heterocycles. The third-order valence-electron chi connectivity index (χ3n) is 5.31. The molecule has 0 radical (unpaired) electrons. The Balaban J connectivity index is 1.19. The van der Waals surface area contributed by atoms with E-state index in [4.69, 9.17) is 4.74 Å². The fraction of sp³-hybridized carbons (Fsp3) is 0.474. The second kappa shape index (κ2) is 6.02. The number of thiophene rings is 1. The Morgan fingerprint density at radius 1 is 1.36 bits per heavy atom. The Hall–Kier alpha value is -1.53. The average Bonchev–Trinajstić information content (AvgIpc) is 3.28. The first-order valence-electron chi connectivity index (χ1n) is 8.82. The van der Waals surface area contributed by atoms with Crippen LogP contribution in [-0.4, -0.2) is 45.5 Å². The number of hydrogen-bond acceptors (Lipinski definition) is 5. The van der Waals surface area contributed by atoms with Crippen LogP contribution in [0.25, 0.3) is 0 Å². The molecule has 0 N–H and O–H groups in total. The summed E-state index contributed by atoms with van der Waals surface area (Å²) in [6.07, 6.45) is 8.30. The lowest BCUT2D eigenvalue weighted by molar-refractivity contribution is 0.0522. The van der Waals surface area contributed by atoms with Crippen molar-refractivity contribution in [1.82, 2.24) is 9.88 Å². The van der Waals surface area contributed by atoms with E-state index in [0.29, 0.717) is 0 Å². The van der Waals surface area contributed by atoms with Gasteiger partial charge >= 0.3 is 0 Å². The maximum absolute atomic E-state index is 12.7. The maximum Gasteiger partial charge on any atom is 0.264 e. The zero-order chi connectivity index (χ0) is 16.9. The topological polar surface area (TPSA) is 42.4 Å². The number of carbonyl (C=O) groups excluding carboxylic acids is 1. The minimum absolute atomic E-state index is 0.197. The van der Waals surface area contributed by atoms with Crippen molar-refractivity contribution >= 4 is 29.0 Å². The number of hydrogen-bond donors (Lipinski definition) is 0. The zero-order valence-electron chi connectivity index (χ0n) is 13.9. The van der Waals surface area contributed by atoms with E-state index in [9.17, 15) is 4.79 Å². The second-order valence-corrected chi connectivity index (χ2v) is 9.83. The van der Waals surface area contributed by atoms with Crippen molar-refractivity contribution in [1.29, 1.82) is 0 Å². The number of amides is 1. The van der Waals surface area contributed by atoms with Crippen LogP contribution in [0.1, 0.15) is 33.0 Å². The first-order valence-corrected chi connectivity index (χ1v) is 10.6. The monoisotopic (exact) mass is 372 g/mol. The third kappa shape index (κ3) is 2.85. The summed E-state index contributed by atoms with van der Waals surface area (Å²) in [5.41, 5.74) is 1.41. The van der Waals surface area contributed by atoms with E-state index < -0.39 is 0 Å². The van der Waals surface area contributed by atoms with Crippen LogP contribution < -0.4 is 4.74 Å². The molecule has 1 atom stereocenters. The molecule has 1 aliphatic carbocycles. The first kappa shape index (κ1) is 15.7. The van der Waals surface area contributed by atoms with Crippen LogP contribution in [0.5, 0.6) is 5.75 Å². The van der Waals surface area contributed by atoms with Crippen LogP contribution in [0.4, 0.5) is 0 Å². The predicted molar refractivity (Wildman–Crippen MR) is 101 cm³/mol. The number of nitrogens with zero attached hydrogens (tertiary/aromatic N) is 2. The van der Waals surface area contributed by atoms with Gasteiger partial charge in [0.25, 0.3) is 5.91 Å². The molecule has 0 aromatic carbocycles. The van der Waals surface area contributed by atoms with E-state index in [1.807, 2.05) is 28.8 Å². The van der Waals surface area contributed by atoms with Crippen LogP contribution in [-0.2, 0) is 12.8 Å². The largest absolute Gasteiger partial charge is 0.488 e. The Morgan fingerprint density at radius 2 is 2.28 bits per heavy atom. The number of thioether (sulfide) groups is 1. The highest BCUT2D eigenvalue weighted by Crippen LogP contribution is 2.47. The molecule has 3 aliphatic rings. The van der Waals surface area contributed by atoms with Crippen molar-refractivity contribution in [2.45, 2.75) is 36.5 Å². The summed E-state index contributed by atoms with van der Waals surface area (Å²) < 4.78 is 6.24. The molecule has 0 saturated carbocycles. The maximum atomic E-state index is 12.7. The SMILES string of the molecule is O=C(c1cc2c(s1)CCC2)N1CC2(CC(Oc3cccnc3)CS2)C1. The molecule has 2 saturated heterocycles. The molecular weight excluding hydrogens is 352 g/mol. The molecular formula is C19H20N2O2S2. The molecule has 1 unspecified atom stereocenters. The molecule has 6 heteroatoms. The van der Waals surface area contributed by atoms with Crippen LogP contribution in [0.2, 0.25) is 0 Å². The molecule has 1 amide bonds. The Morgan fingerprint density at radius 3 is 3.08 bits per heavy atom. The molecule has 2 aliphatic heterocycles. The quantitative estimate of drug-likeness (QED) is 0.828. The molecule has 5 rings (SSSR count). The van der Waals surface area contributed by atoms with E-state index in [2.05, 4.69) is 11.1 Å². The fourth-order valence-electron chi connectivity index (χ4n) is 4.09. The lowest BCUT2D eigenvalue weighted by atomic mass is 9.92. The summed E-state index contributed by atoms with van der Waals surface area (Å²) in [7, 11) is 0. The molecule has 25 heavy (non-hydrogen) atoms. The Kier molecular flexibility index (Phi) is 3.78. The van der Waals surface area contributed by atoms with Gasteiger partial charge in [-0.3, -0.25) is 9.78 Å². The van der Waals surface area contributed by atoms with Crippen molar-refractivity contribution in [3.05, 3.63) is 45.9 Å². The summed E-state index contributed by atoms with van der Waals surface area (Å²) in [6, 6.07) is 5.99. The highest BCUT2D eigenvalue weighted by Gasteiger charge is 2.51. The number of ether oxygens (including phenoxy) is 1. The van der Waals surface area contributed by atoms with Gasteiger partial charge in [-0.25, -0.2) is 0 Å². The van der Waals surface area contributed by atoms with E-state index in [1.54, 1.807) is 23.7 Å². The average molecular weight is 373 g/mol. The van der Waals surface area contributed by atoms with Gasteiger partial charge in [0.05, 0.1) is 15.8 Å². The molecule has 2 fully saturated rings. The second-order valence-electron chi connectivity index (χ2n) is 7.20. The Bertz CT molecular complexity index is 778. The highest BCUT2D eigenvalue weighted by molar-refractivity contribution is 8.01. The molecule has 1 spiro atoms. The van der Waals surface area contributed by atoms with Crippen molar-refractivity contribution in [3.63, 3.8) is 0 Å². The van der Waals surface area contributed by atoms with Gasteiger partial charge in [0.15, 0.2) is 0 Å². The summed E-state index contributed by atoms with van der Waals surface area (Å²) in [4.78, 5) is 21.2. The van der Waals surface area contributed by atoms with E-state index in [0.717, 1.165) is 48.7 Å². The van der Waals surface area contributed by atoms with Gasteiger partial charge in [-0.2, -0.15) is 0 Å². The highest BCUT2D eigenvalue weighted by atomic mass is 32.2. The van der Waals surface area contributed by atoms with Gasteiger partial charge in [-0.15, -0.1) is 23.1 Å². The molecule has 2 aromatic heterocycles. The van der Waals surface area contributed by atoms with Crippen LogP contribution in [0.15, 0.2) is 30.6 Å². The van der Waals surface area contributed by atoms with Crippen molar-refractivity contribution in [3.8, 4) is 5.75 Å². The number of fused-ring (bicyclic) bond motifs is 1. The van der Waals surface area contributed by atoms with Crippen LogP contribution >= 0.6 is 23.1 Å². The van der Waals surface area contributed by atoms with E-state index in [-0.39, 0.29) is 16.8 Å². The van der Waals surface area contributed by atoms with Gasteiger partial charge in [-0.1, -0.05) is 0 Å². The standard InChI is InChI=1S/C19H20N2O2S2/c22-18(17-7-13-3-1-5-16(13)25-17)21-11-19(12-21)8-15(10-24-19)23-14-4-2-6-20-9-14/h2,4,6-7,9,15H,1,3,5,8,10-12H2. The number of likely N-dealkylation sites (tertiary alicyclic amines) is 1. The van der Waals surface area contributed by atoms with Crippen molar-refractivity contribution in [2.24, 2.45) is 0 Å². The zero-order valence-corrected chi connectivity index (χ0v) is 15.6. The van der Waals surface area contributed by atoms with Crippen LogP contribution in [0, 0.1) is 0 Å². The molecule has 0 bridgehead atoms. The number of pyridine rings is 1. The molecule has 4 nitrogen and oxygen atoms in total. The third-order valence-corrected chi connectivity index (χ3v) is 8.12. The Labute approximate surface area is 155 Å². The van der Waals surface area contributed by atoms with E-state index >= 15 is 0 Å². The predicted octanol–water partition coefficient (Wildman–Crippen LogP) is 3.41. The number of rotatable bonds is 3. The molecule has 2 aromatic rings. The number of carbonyl (C=O) groups is 1. The van der Waals surface area contributed by atoms with Crippen LogP contribution in [0.3, 0.4) is 0 Å². The normalized spacial score (nSPS) is 23.5.